The fourth-order valence-electron chi connectivity index (χ4n) is 2.31. The summed E-state index contributed by atoms with van der Waals surface area (Å²) >= 11 is 1.62. The van der Waals surface area contributed by atoms with Crippen molar-refractivity contribution in [2.75, 3.05) is 27.7 Å². The van der Waals surface area contributed by atoms with E-state index in [9.17, 15) is 8.42 Å². The van der Waals surface area contributed by atoms with E-state index >= 15 is 0 Å². The van der Waals surface area contributed by atoms with Gasteiger partial charge in [-0.05, 0) is 56.2 Å². The molecular formula is C16H22N2O3S2. The third-order valence-electron chi connectivity index (χ3n) is 3.64. The lowest BCUT2D eigenvalue weighted by molar-refractivity contribution is 0.303. The van der Waals surface area contributed by atoms with Gasteiger partial charge in [-0.3, -0.25) is 0 Å². The summed E-state index contributed by atoms with van der Waals surface area (Å²) in [5, 5.41) is 1.99. The predicted molar refractivity (Wildman–Crippen MR) is 93.7 cm³/mol. The van der Waals surface area contributed by atoms with Crippen LogP contribution in [0.4, 0.5) is 0 Å². The van der Waals surface area contributed by atoms with E-state index in [2.05, 4.69) is 4.72 Å². The zero-order valence-electron chi connectivity index (χ0n) is 13.7. The van der Waals surface area contributed by atoms with Gasteiger partial charge in [0, 0.05) is 11.4 Å². The standard InChI is InChI=1S/C16H22N2O3S2/c1-12-10-13(7-8-15(12)21-4)23(19,20)17-11-14(18(2)3)16-6-5-9-22-16/h5-10,14,17H,11H2,1-4H3/t14-/m0/s1. The molecule has 0 spiro atoms. The molecule has 0 saturated carbocycles. The van der Waals surface area contributed by atoms with E-state index in [4.69, 9.17) is 4.74 Å². The van der Waals surface area contributed by atoms with Crippen molar-refractivity contribution in [1.82, 2.24) is 9.62 Å². The van der Waals surface area contributed by atoms with Gasteiger partial charge in [0.2, 0.25) is 10.0 Å². The highest BCUT2D eigenvalue weighted by atomic mass is 32.2. The number of nitrogens with one attached hydrogen (secondary N) is 1. The maximum absolute atomic E-state index is 12.5. The second-order valence-electron chi connectivity index (χ2n) is 5.48. The van der Waals surface area contributed by atoms with Crippen LogP contribution in [0.3, 0.4) is 0 Å². The van der Waals surface area contributed by atoms with Crippen LogP contribution in [0, 0.1) is 6.92 Å². The molecule has 0 saturated heterocycles. The maximum Gasteiger partial charge on any atom is 0.240 e. The van der Waals surface area contributed by atoms with Crippen LogP contribution in [0.1, 0.15) is 16.5 Å². The summed E-state index contributed by atoms with van der Waals surface area (Å²) in [6, 6.07) is 8.84. The highest BCUT2D eigenvalue weighted by Crippen LogP contribution is 2.24. The first-order valence-electron chi connectivity index (χ1n) is 7.19. The van der Waals surface area contributed by atoms with Gasteiger partial charge in [-0.2, -0.15) is 0 Å². The van der Waals surface area contributed by atoms with E-state index in [1.807, 2.05) is 43.4 Å². The van der Waals surface area contributed by atoms with Gasteiger partial charge in [0.15, 0.2) is 0 Å². The average Bonchev–Trinajstić information content (AvgIpc) is 3.01. The van der Waals surface area contributed by atoms with E-state index in [-0.39, 0.29) is 10.9 Å². The van der Waals surface area contributed by atoms with Crippen molar-refractivity contribution in [3.8, 4) is 5.75 Å². The number of hydrogen-bond acceptors (Lipinski definition) is 5. The molecular weight excluding hydrogens is 332 g/mol. The largest absolute Gasteiger partial charge is 0.496 e. The SMILES string of the molecule is COc1ccc(S(=O)(=O)NC[C@@H](c2cccs2)N(C)C)cc1C. The molecule has 1 aromatic heterocycles. The molecule has 0 aliphatic heterocycles. The van der Waals surface area contributed by atoms with Gasteiger partial charge in [0.25, 0.3) is 0 Å². The van der Waals surface area contributed by atoms with Crippen LogP contribution >= 0.6 is 11.3 Å². The molecule has 0 aliphatic carbocycles. The smallest absolute Gasteiger partial charge is 0.240 e. The van der Waals surface area contributed by atoms with E-state index < -0.39 is 10.0 Å². The topological polar surface area (TPSA) is 58.6 Å². The van der Waals surface area contributed by atoms with Crippen molar-refractivity contribution in [2.45, 2.75) is 17.9 Å². The highest BCUT2D eigenvalue weighted by Gasteiger charge is 2.20. The Hall–Kier alpha value is -1.41. The molecule has 1 N–H and O–H groups in total. The van der Waals surface area contributed by atoms with Gasteiger partial charge < -0.3 is 9.64 Å². The van der Waals surface area contributed by atoms with Crippen LogP contribution < -0.4 is 9.46 Å². The molecule has 2 rings (SSSR count). The molecule has 0 radical (unpaired) electrons. The normalized spacial score (nSPS) is 13.3. The first-order valence-corrected chi connectivity index (χ1v) is 9.55. The Bertz CT molecular complexity index is 741. The van der Waals surface area contributed by atoms with Crippen LogP contribution in [-0.2, 0) is 10.0 Å². The molecule has 1 atom stereocenters. The fraction of sp³-hybridized carbons (Fsp3) is 0.375. The number of aryl methyl sites for hydroxylation is 1. The summed E-state index contributed by atoms with van der Waals surface area (Å²) in [4.78, 5) is 3.39. The first-order chi connectivity index (χ1) is 10.8. The quantitative estimate of drug-likeness (QED) is 0.830. The molecule has 0 fully saturated rings. The lowest BCUT2D eigenvalue weighted by Gasteiger charge is -2.23. The first kappa shape index (κ1) is 17.9. The second kappa shape index (κ2) is 7.44. The van der Waals surface area contributed by atoms with E-state index in [1.165, 1.54) is 0 Å². The number of methoxy groups -OCH3 is 1. The molecule has 0 unspecified atom stereocenters. The number of sulfonamides is 1. The summed E-state index contributed by atoms with van der Waals surface area (Å²) in [6.07, 6.45) is 0. The predicted octanol–water partition coefficient (Wildman–Crippen LogP) is 2.65. The van der Waals surface area contributed by atoms with Crippen LogP contribution in [-0.4, -0.2) is 41.1 Å². The van der Waals surface area contributed by atoms with Gasteiger partial charge in [0.05, 0.1) is 18.0 Å². The van der Waals surface area contributed by atoms with Gasteiger partial charge in [-0.25, -0.2) is 13.1 Å². The zero-order chi connectivity index (χ0) is 17.0. The average molecular weight is 354 g/mol. The van der Waals surface area contributed by atoms with Gasteiger partial charge in [0.1, 0.15) is 5.75 Å². The van der Waals surface area contributed by atoms with Gasteiger partial charge in [-0.1, -0.05) is 6.07 Å². The summed E-state index contributed by atoms with van der Waals surface area (Å²) in [5.41, 5.74) is 0.790. The Balaban J connectivity index is 2.16. The molecule has 126 valence electrons. The number of hydrogen-bond donors (Lipinski definition) is 1. The summed E-state index contributed by atoms with van der Waals surface area (Å²) in [7, 11) is 1.89. The van der Waals surface area contributed by atoms with Crippen molar-refractivity contribution >= 4 is 21.4 Å². The molecule has 5 nitrogen and oxygen atoms in total. The van der Waals surface area contributed by atoms with Crippen molar-refractivity contribution in [3.05, 3.63) is 46.2 Å². The number of nitrogens with zero attached hydrogens (tertiary/aromatic N) is 1. The number of ether oxygens (including phenoxy) is 1. The molecule has 0 amide bonds. The van der Waals surface area contributed by atoms with Gasteiger partial charge in [-0.15, -0.1) is 11.3 Å². The molecule has 23 heavy (non-hydrogen) atoms. The zero-order valence-corrected chi connectivity index (χ0v) is 15.4. The summed E-state index contributed by atoms with van der Waals surface area (Å²) in [6.45, 7) is 2.15. The van der Waals surface area contributed by atoms with Crippen molar-refractivity contribution in [3.63, 3.8) is 0 Å². The minimum atomic E-state index is -3.56. The highest BCUT2D eigenvalue weighted by molar-refractivity contribution is 7.89. The van der Waals surface area contributed by atoms with Crippen LogP contribution in [0.2, 0.25) is 0 Å². The third-order valence-corrected chi connectivity index (χ3v) is 6.03. The second-order valence-corrected chi connectivity index (χ2v) is 8.22. The van der Waals surface area contributed by atoms with E-state index in [0.29, 0.717) is 12.3 Å². The molecule has 7 heteroatoms. The number of likely N-dealkylation sites (N-methyl/N-ethyl adjacent to an activating group) is 1. The van der Waals surface area contributed by atoms with E-state index in [1.54, 1.807) is 36.6 Å². The fourth-order valence-corrected chi connectivity index (χ4v) is 4.35. The molecule has 1 aromatic carbocycles. The minimum absolute atomic E-state index is 0.00382. The summed E-state index contributed by atoms with van der Waals surface area (Å²) < 4.78 is 32.9. The van der Waals surface area contributed by atoms with Crippen LogP contribution in [0.15, 0.2) is 40.6 Å². The van der Waals surface area contributed by atoms with Crippen LogP contribution in [0.25, 0.3) is 0 Å². The number of rotatable bonds is 7. The number of thiophene rings is 1. The van der Waals surface area contributed by atoms with Crippen molar-refractivity contribution in [1.29, 1.82) is 0 Å². The lowest BCUT2D eigenvalue weighted by Crippen LogP contribution is -2.34. The van der Waals surface area contributed by atoms with E-state index in [0.717, 1.165) is 10.4 Å². The Kier molecular flexibility index (Phi) is 5.80. The van der Waals surface area contributed by atoms with Crippen LogP contribution in [0.5, 0.6) is 5.75 Å². The molecule has 0 bridgehead atoms. The lowest BCUT2D eigenvalue weighted by atomic mass is 10.2. The minimum Gasteiger partial charge on any atom is -0.496 e. The third kappa shape index (κ3) is 4.32. The Morgan fingerprint density at radius 3 is 2.57 bits per heavy atom. The Labute approximate surface area is 142 Å². The molecule has 1 heterocycles. The Morgan fingerprint density at radius 2 is 2.04 bits per heavy atom. The van der Waals surface area contributed by atoms with Gasteiger partial charge >= 0.3 is 0 Å². The summed E-state index contributed by atoms with van der Waals surface area (Å²) in [5.74, 6) is 0.675. The molecule has 0 aliphatic rings. The van der Waals surface area contributed by atoms with Crippen molar-refractivity contribution in [2.24, 2.45) is 0 Å². The monoisotopic (exact) mass is 354 g/mol. The maximum atomic E-state index is 12.5. The Morgan fingerprint density at radius 1 is 1.30 bits per heavy atom. The number of benzene rings is 1. The molecule has 2 aromatic rings. The van der Waals surface area contributed by atoms with Crippen molar-refractivity contribution < 1.29 is 13.2 Å².